The molecule has 3 rings (SSSR count). The summed E-state index contributed by atoms with van der Waals surface area (Å²) in [6.07, 6.45) is 3.02. The van der Waals surface area contributed by atoms with Gasteiger partial charge in [-0.25, -0.2) is 4.68 Å². The third-order valence-electron chi connectivity index (χ3n) is 4.95. The predicted octanol–water partition coefficient (Wildman–Crippen LogP) is 1.52. The summed E-state index contributed by atoms with van der Waals surface area (Å²) >= 11 is 0. The molecule has 2 N–H and O–H groups in total. The van der Waals surface area contributed by atoms with E-state index in [1.807, 2.05) is 30.3 Å². The average Bonchev–Trinajstić information content (AvgIpc) is 3.06. The van der Waals surface area contributed by atoms with Gasteiger partial charge in [-0.05, 0) is 48.6 Å². The van der Waals surface area contributed by atoms with Crippen LogP contribution in [0.4, 0.5) is 0 Å². The summed E-state index contributed by atoms with van der Waals surface area (Å²) < 4.78 is 1.55. The van der Waals surface area contributed by atoms with Gasteiger partial charge in [-0.2, -0.15) is 0 Å². The van der Waals surface area contributed by atoms with Gasteiger partial charge in [0.15, 0.2) is 0 Å². The smallest absolute Gasteiger partial charge is 0.306 e. The minimum atomic E-state index is -0.749. The fourth-order valence-corrected chi connectivity index (χ4v) is 3.44. The Kier molecular flexibility index (Phi) is 5.60. The molecule has 0 spiro atoms. The number of aliphatic carboxylic acids is 1. The van der Waals surface area contributed by atoms with E-state index >= 15 is 0 Å². The fraction of sp³-hybridized carbons (Fsp3) is 0.500. The molecule has 1 fully saturated rings. The molecule has 0 saturated heterocycles. The number of nitrogens with one attached hydrogen (secondary N) is 1. The van der Waals surface area contributed by atoms with Gasteiger partial charge >= 0.3 is 5.97 Å². The number of hydrogen-bond acceptors (Lipinski definition) is 5. The molecule has 1 heterocycles. The van der Waals surface area contributed by atoms with Crippen LogP contribution in [0, 0.1) is 12.8 Å². The van der Waals surface area contributed by atoms with Gasteiger partial charge < -0.3 is 10.4 Å². The van der Waals surface area contributed by atoms with Crippen molar-refractivity contribution >= 4 is 11.9 Å². The Balaban J connectivity index is 1.69. The lowest BCUT2D eigenvalue weighted by molar-refractivity contribution is -0.142. The number of tetrazole rings is 1. The van der Waals surface area contributed by atoms with E-state index in [2.05, 4.69) is 20.8 Å². The topological polar surface area (TPSA) is 110 Å². The molecule has 1 atom stereocenters. The van der Waals surface area contributed by atoms with Gasteiger partial charge in [0.25, 0.3) is 0 Å². The Morgan fingerprint density at radius 3 is 2.50 bits per heavy atom. The highest BCUT2D eigenvalue weighted by molar-refractivity contribution is 5.81. The van der Waals surface area contributed by atoms with Crippen LogP contribution in [0.3, 0.4) is 0 Å². The molecule has 1 saturated carbocycles. The summed E-state index contributed by atoms with van der Waals surface area (Å²) in [4.78, 5) is 24.0. The lowest BCUT2D eigenvalue weighted by Crippen LogP contribution is -2.43. The first kappa shape index (κ1) is 18.0. The van der Waals surface area contributed by atoms with Gasteiger partial charge in [0.1, 0.15) is 11.9 Å². The number of carboxylic acid groups (broad SMARTS) is 1. The second-order valence-electron chi connectivity index (χ2n) is 6.77. The van der Waals surface area contributed by atoms with Crippen molar-refractivity contribution < 1.29 is 14.7 Å². The van der Waals surface area contributed by atoms with E-state index in [0.29, 0.717) is 37.9 Å². The monoisotopic (exact) mass is 357 g/mol. The van der Waals surface area contributed by atoms with Crippen LogP contribution in [0.5, 0.6) is 0 Å². The number of carbonyl (C=O) groups is 2. The van der Waals surface area contributed by atoms with E-state index < -0.39 is 12.0 Å². The molecule has 138 valence electrons. The van der Waals surface area contributed by atoms with Gasteiger partial charge in [-0.1, -0.05) is 30.3 Å². The highest BCUT2D eigenvalue weighted by Crippen LogP contribution is 2.25. The average molecular weight is 357 g/mol. The van der Waals surface area contributed by atoms with Gasteiger partial charge in [0, 0.05) is 12.5 Å². The normalized spacial score (nSPS) is 21.1. The van der Waals surface area contributed by atoms with Crippen molar-refractivity contribution in [1.29, 1.82) is 0 Å². The molecule has 1 aromatic heterocycles. The van der Waals surface area contributed by atoms with Gasteiger partial charge in [0.2, 0.25) is 5.91 Å². The molecule has 1 aromatic carbocycles. The van der Waals surface area contributed by atoms with Crippen LogP contribution in [0.1, 0.15) is 43.1 Å². The third-order valence-corrected chi connectivity index (χ3v) is 4.95. The molecule has 8 heteroatoms. The molecule has 0 radical (unpaired) electrons. The first-order valence-electron chi connectivity index (χ1n) is 8.86. The maximum atomic E-state index is 12.9. The lowest BCUT2D eigenvalue weighted by atomic mass is 9.86. The van der Waals surface area contributed by atoms with E-state index in [4.69, 9.17) is 5.11 Å². The summed E-state index contributed by atoms with van der Waals surface area (Å²) in [5.41, 5.74) is 1.03. The van der Waals surface area contributed by atoms with Crippen molar-refractivity contribution in [3.05, 3.63) is 41.7 Å². The summed E-state index contributed by atoms with van der Waals surface area (Å²) in [7, 11) is 0. The second-order valence-corrected chi connectivity index (χ2v) is 6.77. The first-order valence-corrected chi connectivity index (χ1v) is 8.86. The second kappa shape index (κ2) is 8.07. The third kappa shape index (κ3) is 4.25. The van der Waals surface area contributed by atoms with E-state index in [0.717, 1.165) is 5.56 Å². The highest BCUT2D eigenvalue weighted by Gasteiger charge is 2.30. The van der Waals surface area contributed by atoms with Crippen LogP contribution in [-0.2, 0) is 16.0 Å². The standard InChI is InChI=1S/C18H23N5O3/c1-12-20-21-22-23(12)16(11-13-5-3-2-4-6-13)17(24)19-15-9-7-14(8-10-15)18(25)26/h2-6,14-16H,7-11H2,1H3,(H,19,24)(H,25,26). The van der Waals surface area contributed by atoms with Crippen LogP contribution in [0.2, 0.25) is 0 Å². The molecule has 1 aliphatic rings. The van der Waals surface area contributed by atoms with Crippen molar-refractivity contribution in [3.63, 3.8) is 0 Å². The van der Waals surface area contributed by atoms with Crippen molar-refractivity contribution in [3.8, 4) is 0 Å². The van der Waals surface area contributed by atoms with E-state index in [1.54, 1.807) is 11.6 Å². The molecule has 1 amide bonds. The summed E-state index contributed by atoms with van der Waals surface area (Å²) in [6.45, 7) is 1.77. The summed E-state index contributed by atoms with van der Waals surface area (Å²) in [5, 5.41) is 23.7. The number of aryl methyl sites for hydroxylation is 1. The summed E-state index contributed by atoms with van der Waals surface area (Å²) in [6, 6.07) is 9.20. The van der Waals surface area contributed by atoms with Gasteiger partial charge in [0.05, 0.1) is 5.92 Å². The Morgan fingerprint density at radius 1 is 1.23 bits per heavy atom. The number of amides is 1. The van der Waals surface area contributed by atoms with Crippen molar-refractivity contribution in [2.75, 3.05) is 0 Å². The van der Waals surface area contributed by atoms with E-state index in [1.165, 1.54) is 0 Å². The van der Waals surface area contributed by atoms with Crippen LogP contribution in [0.15, 0.2) is 30.3 Å². The summed E-state index contributed by atoms with van der Waals surface area (Å²) in [5.74, 6) is -0.607. The predicted molar refractivity (Wildman–Crippen MR) is 93.3 cm³/mol. The Bertz CT molecular complexity index is 753. The maximum absolute atomic E-state index is 12.9. The molecule has 1 aliphatic carbocycles. The quantitative estimate of drug-likeness (QED) is 0.811. The van der Waals surface area contributed by atoms with Crippen molar-refractivity contribution in [2.24, 2.45) is 5.92 Å². The van der Waals surface area contributed by atoms with Gasteiger partial charge in [-0.15, -0.1) is 5.10 Å². The Hall–Kier alpha value is -2.77. The molecule has 1 unspecified atom stereocenters. The van der Waals surface area contributed by atoms with Crippen molar-refractivity contribution in [1.82, 2.24) is 25.5 Å². The number of nitrogens with zero attached hydrogens (tertiary/aromatic N) is 4. The minimum absolute atomic E-state index is 0.00633. The number of aromatic nitrogens is 4. The molecule has 0 bridgehead atoms. The number of hydrogen-bond donors (Lipinski definition) is 2. The fourth-order valence-electron chi connectivity index (χ4n) is 3.44. The van der Waals surface area contributed by atoms with E-state index in [9.17, 15) is 9.59 Å². The molecule has 8 nitrogen and oxygen atoms in total. The number of rotatable bonds is 6. The lowest BCUT2D eigenvalue weighted by Gasteiger charge is -2.28. The van der Waals surface area contributed by atoms with Crippen molar-refractivity contribution in [2.45, 2.75) is 51.1 Å². The molecular formula is C18H23N5O3. The zero-order chi connectivity index (χ0) is 18.5. The molecule has 26 heavy (non-hydrogen) atoms. The van der Waals surface area contributed by atoms with Crippen LogP contribution in [-0.4, -0.2) is 43.2 Å². The van der Waals surface area contributed by atoms with Crippen LogP contribution >= 0.6 is 0 Å². The highest BCUT2D eigenvalue weighted by atomic mass is 16.4. The molecular weight excluding hydrogens is 334 g/mol. The molecule has 2 aromatic rings. The number of carbonyl (C=O) groups excluding carboxylic acids is 1. The van der Waals surface area contributed by atoms with E-state index in [-0.39, 0.29) is 17.9 Å². The van der Waals surface area contributed by atoms with Crippen LogP contribution < -0.4 is 5.32 Å². The maximum Gasteiger partial charge on any atom is 0.306 e. The largest absolute Gasteiger partial charge is 0.481 e. The number of carboxylic acids is 1. The molecule has 0 aliphatic heterocycles. The zero-order valence-electron chi connectivity index (χ0n) is 14.7. The zero-order valence-corrected chi connectivity index (χ0v) is 14.7. The Morgan fingerprint density at radius 2 is 1.92 bits per heavy atom. The first-order chi connectivity index (χ1) is 12.5. The Labute approximate surface area is 151 Å². The minimum Gasteiger partial charge on any atom is -0.481 e. The van der Waals surface area contributed by atoms with Crippen LogP contribution in [0.25, 0.3) is 0 Å². The van der Waals surface area contributed by atoms with Gasteiger partial charge in [-0.3, -0.25) is 9.59 Å². The SMILES string of the molecule is Cc1nnnn1C(Cc1ccccc1)C(=O)NC1CCC(C(=O)O)CC1. The number of benzene rings is 1.